The molecule has 3 nitrogen and oxygen atoms in total. The van der Waals surface area contributed by atoms with Crippen LogP contribution < -0.4 is 0 Å². The lowest BCUT2D eigenvalue weighted by Gasteiger charge is -2.34. The van der Waals surface area contributed by atoms with Gasteiger partial charge in [0.2, 0.25) is 0 Å². The standard InChI is InChI=1S/C25H33F3O3/c1-4-6-8-15-20(16-9-7-5-2)31-23(29)24(30-3,25(26,27)28)22-18-12-14-19-13-10-11-17-21(19)22/h10-14,17-18,20H,4-9,15-16H2,1-3H3/t24-/m1/s1. The number of esters is 1. The lowest BCUT2D eigenvalue weighted by molar-refractivity contribution is -0.278. The topological polar surface area (TPSA) is 35.5 Å². The zero-order valence-corrected chi connectivity index (χ0v) is 18.6. The Morgan fingerprint density at radius 2 is 1.48 bits per heavy atom. The number of carbonyl (C=O) groups is 1. The van der Waals surface area contributed by atoms with Gasteiger partial charge in [-0.15, -0.1) is 0 Å². The number of halogens is 3. The van der Waals surface area contributed by atoms with Crippen LogP contribution >= 0.6 is 0 Å². The summed E-state index contributed by atoms with van der Waals surface area (Å²) in [6, 6.07) is 11.2. The maximum atomic E-state index is 14.5. The Labute approximate surface area is 182 Å². The van der Waals surface area contributed by atoms with E-state index in [-0.39, 0.29) is 5.56 Å². The molecular formula is C25H33F3O3. The minimum atomic E-state index is -4.99. The molecule has 0 spiro atoms. The van der Waals surface area contributed by atoms with Gasteiger partial charge >= 0.3 is 12.1 Å². The average Bonchev–Trinajstić information content (AvgIpc) is 2.74. The quantitative estimate of drug-likeness (QED) is 0.257. The molecule has 31 heavy (non-hydrogen) atoms. The Morgan fingerprint density at radius 3 is 2.03 bits per heavy atom. The molecule has 2 aromatic carbocycles. The van der Waals surface area contributed by atoms with Gasteiger partial charge in [-0.3, -0.25) is 0 Å². The number of ether oxygens (including phenoxy) is 2. The maximum absolute atomic E-state index is 14.5. The third-order valence-corrected chi connectivity index (χ3v) is 5.69. The number of rotatable bonds is 12. The minimum Gasteiger partial charge on any atom is -0.460 e. The molecule has 1 atom stereocenters. The van der Waals surface area contributed by atoms with Gasteiger partial charge < -0.3 is 9.47 Å². The molecule has 0 aliphatic rings. The van der Waals surface area contributed by atoms with Crippen molar-refractivity contribution in [2.45, 2.75) is 83.1 Å². The molecule has 0 saturated heterocycles. The van der Waals surface area contributed by atoms with Crippen molar-refractivity contribution in [2.75, 3.05) is 7.11 Å². The van der Waals surface area contributed by atoms with Crippen LogP contribution in [0.1, 0.15) is 70.8 Å². The molecule has 172 valence electrons. The van der Waals surface area contributed by atoms with Crippen molar-refractivity contribution in [1.29, 1.82) is 0 Å². The molecule has 0 heterocycles. The Morgan fingerprint density at radius 1 is 0.903 bits per heavy atom. The van der Waals surface area contributed by atoms with Gasteiger partial charge in [0, 0.05) is 12.7 Å². The summed E-state index contributed by atoms with van der Waals surface area (Å²) < 4.78 is 54.0. The number of carbonyl (C=O) groups excluding carboxylic acids is 1. The summed E-state index contributed by atoms with van der Waals surface area (Å²) in [5.41, 5.74) is -3.42. The van der Waals surface area contributed by atoms with Crippen molar-refractivity contribution < 1.29 is 27.4 Å². The van der Waals surface area contributed by atoms with Gasteiger partial charge in [0.05, 0.1) is 0 Å². The van der Waals surface area contributed by atoms with Crippen LogP contribution in [-0.2, 0) is 19.9 Å². The van der Waals surface area contributed by atoms with E-state index in [1.807, 2.05) is 0 Å². The lowest BCUT2D eigenvalue weighted by atomic mass is 9.88. The number of hydrogen-bond acceptors (Lipinski definition) is 3. The number of hydrogen-bond donors (Lipinski definition) is 0. The molecule has 0 unspecified atom stereocenters. The minimum absolute atomic E-state index is 0.244. The van der Waals surface area contributed by atoms with Crippen LogP contribution in [0, 0.1) is 0 Å². The first-order chi connectivity index (χ1) is 14.8. The van der Waals surface area contributed by atoms with Crippen LogP contribution in [0.3, 0.4) is 0 Å². The fourth-order valence-electron chi connectivity index (χ4n) is 3.96. The predicted molar refractivity (Wildman–Crippen MR) is 117 cm³/mol. The second-order valence-corrected chi connectivity index (χ2v) is 7.93. The van der Waals surface area contributed by atoms with Crippen LogP contribution in [0.5, 0.6) is 0 Å². The zero-order valence-electron chi connectivity index (χ0n) is 18.6. The van der Waals surface area contributed by atoms with E-state index in [4.69, 9.17) is 9.47 Å². The molecular weight excluding hydrogens is 405 g/mol. The van der Waals surface area contributed by atoms with Crippen LogP contribution in [-0.4, -0.2) is 25.4 Å². The molecule has 0 radical (unpaired) electrons. The van der Waals surface area contributed by atoms with Crippen molar-refractivity contribution in [2.24, 2.45) is 0 Å². The summed E-state index contributed by atoms with van der Waals surface area (Å²) in [5, 5.41) is 0.913. The molecule has 0 aromatic heterocycles. The van der Waals surface area contributed by atoms with Crippen molar-refractivity contribution in [3.63, 3.8) is 0 Å². The fourth-order valence-corrected chi connectivity index (χ4v) is 3.96. The van der Waals surface area contributed by atoms with E-state index in [1.165, 1.54) is 12.1 Å². The maximum Gasteiger partial charge on any atom is 0.432 e. The van der Waals surface area contributed by atoms with Crippen LogP contribution in [0.15, 0.2) is 42.5 Å². The first-order valence-electron chi connectivity index (χ1n) is 11.1. The van der Waals surface area contributed by atoms with E-state index in [0.29, 0.717) is 23.6 Å². The third-order valence-electron chi connectivity index (χ3n) is 5.69. The summed E-state index contributed by atoms with van der Waals surface area (Å²) >= 11 is 0. The van der Waals surface area contributed by atoms with Crippen LogP contribution in [0.25, 0.3) is 10.8 Å². The van der Waals surface area contributed by atoms with Gasteiger partial charge in [0.15, 0.2) is 0 Å². The zero-order chi connectivity index (χ0) is 22.9. The second-order valence-electron chi connectivity index (χ2n) is 7.93. The van der Waals surface area contributed by atoms with Crippen LogP contribution in [0.2, 0.25) is 0 Å². The largest absolute Gasteiger partial charge is 0.460 e. The van der Waals surface area contributed by atoms with E-state index in [1.54, 1.807) is 30.3 Å². The monoisotopic (exact) mass is 438 g/mol. The van der Waals surface area contributed by atoms with Crippen molar-refractivity contribution in [3.05, 3.63) is 48.0 Å². The van der Waals surface area contributed by atoms with Gasteiger partial charge in [-0.2, -0.15) is 13.2 Å². The molecule has 2 aromatic rings. The van der Waals surface area contributed by atoms with E-state index >= 15 is 0 Å². The highest BCUT2D eigenvalue weighted by Crippen LogP contribution is 2.45. The smallest absolute Gasteiger partial charge is 0.432 e. The molecule has 0 amide bonds. The molecule has 0 fully saturated rings. The van der Waals surface area contributed by atoms with E-state index in [9.17, 15) is 18.0 Å². The highest BCUT2D eigenvalue weighted by molar-refractivity contribution is 5.93. The SMILES string of the molecule is CCCCCC(CCCCC)OC(=O)[C@](OC)(c1cccc2ccccc12)C(F)(F)F. The predicted octanol–water partition coefficient (Wildman–Crippen LogP) is 7.32. The summed E-state index contributed by atoms with van der Waals surface area (Å²) in [6.07, 6.45) is 1.03. The van der Waals surface area contributed by atoms with E-state index in [0.717, 1.165) is 45.6 Å². The van der Waals surface area contributed by atoms with Gasteiger partial charge in [-0.1, -0.05) is 82.0 Å². The average molecular weight is 439 g/mol. The summed E-state index contributed by atoms with van der Waals surface area (Å²) in [5.74, 6) is -1.39. The normalized spacial score (nSPS) is 14.0. The number of benzene rings is 2. The van der Waals surface area contributed by atoms with E-state index in [2.05, 4.69) is 13.8 Å². The Balaban J connectivity index is 2.45. The number of fused-ring (bicyclic) bond motifs is 1. The molecule has 2 rings (SSSR count). The number of methoxy groups -OCH3 is 1. The molecule has 0 aliphatic carbocycles. The fraction of sp³-hybridized carbons (Fsp3) is 0.560. The summed E-state index contributed by atoms with van der Waals surface area (Å²) in [4.78, 5) is 13.2. The summed E-state index contributed by atoms with van der Waals surface area (Å²) in [6.45, 7) is 4.11. The van der Waals surface area contributed by atoms with E-state index < -0.39 is 23.9 Å². The first-order valence-corrected chi connectivity index (χ1v) is 11.1. The molecule has 0 bridgehead atoms. The molecule has 0 aliphatic heterocycles. The Hall–Kier alpha value is -2.08. The van der Waals surface area contributed by atoms with Gasteiger partial charge in [-0.25, -0.2) is 4.79 Å². The van der Waals surface area contributed by atoms with Crippen molar-refractivity contribution >= 4 is 16.7 Å². The van der Waals surface area contributed by atoms with Crippen LogP contribution in [0.4, 0.5) is 13.2 Å². The van der Waals surface area contributed by atoms with Gasteiger partial charge in [0.25, 0.3) is 5.60 Å². The van der Waals surface area contributed by atoms with Gasteiger partial charge in [-0.05, 0) is 36.5 Å². The first kappa shape index (κ1) is 25.2. The molecule has 0 N–H and O–H groups in total. The second kappa shape index (κ2) is 11.5. The summed E-state index contributed by atoms with van der Waals surface area (Å²) in [7, 11) is 0.916. The number of alkyl halides is 3. The van der Waals surface area contributed by atoms with Crippen molar-refractivity contribution in [1.82, 2.24) is 0 Å². The lowest BCUT2D eigenvalue weighted by Crippen LogP contribution is -2.52. The Bertz CT molecular complexity index is 819. The third kappa shape index (κ3) is 5.79. The van der Waals surface area contributed by atoms with Gasteiger partial charge in [0.1, 0.15) is 6.10 Å². The highest BCUT2D eigenvalue weighted by Gasteiger charge is 2.64. The van der Waals surface area contributed by atoms with Crippen molar-refractivity contribution in [3.8, 4) is 0 Å². The molecule has 0 saturated carbocycles. The number of unbranched alkanes of at least 4 members (excludes halogenated alkanes) is 4. The molecule has 6 heteroatoms. The Kier molecular flexibility index (Phi) is 9.35. The highest BCUT2D eigenvalue weighted by atomic mass is 19.4.